The largest absolute Gasteiger partial charge is 0.372 e. The molecular weight excluding hydrogens is 345 g/mol. The molecule has 4 nitrogen and oxygen atoms in total. The number of halogens is 2. The molecule has 6 heteroatoms. The Morgan fingerprint density at radius 3 is 2.38 bits per heavy atom. The van der Waals surface area contributed by atoms with E-state index in [1.54, 1.807) is 18.3 Å². The van der Waals surface area contributed by atoms with E-state index in [1.807, 2.05) is 24.3 Å². The zero-order valence-electron chi connectivity index (χ0n) is 13.6. The lowest BCUT2D eigenvalue weighted by atomic mass is 10.2. The monoisotopic (exact) mass is 363 g/mol. The standard InChI is InChI=1S/C18H19Cl2N3O/c1-3-23(4-2)15-8-5-13(6-9-15)12-21-22-18(24)16-10-7-14(19)11-17(16)20/h5-12H,3-4H2,1-2H3,(H,22,24)/b21-12-. The third-order valence-corrected chi connectivity index (χ3v) is 4.12. The molecule has 1 N–H and O–H groups in total. The minimum atomic E-state index is -0.382. The maximum atomic E-state index is 12.0. The maximum absolute atomic E-state index is 12.0. The van der Waals surface area contributed by atoms with Crippen molar-refractivity contribution in [3.63, 3.8) is 0 Å². The predicted molar refractivity (Wildman–Crippen MR) is 102 cm³/mol. The number of rotatable bonds is 6. The molecule has 0 radical (unpaired) electrons. The normalized spacial score (nSPS) is 10.8. The lowest BCUT2D eigenvalue weighted by Gasteiger charge is -2.20. The first-order valence-electron chi connectivity index (χ1n) is 7.68. The van der Waals surface area contributed by atoms with Crippen molar-refractivity contribution < 1.29 is 4.79 Å². The second kappa shape index (κ2) is 8.71. The minimum Gasteiger partial charge on any atom is -0.372 e. The molecule has 0 unspecified atom stereocenters. The number of hydrogen-bond donors (Lipinski definition) is 1. The van der Waals surface area contributed by atoms with Crippen LogP contribution in [-0.2, 0) is 0 Å². The van der Waals surface area contributed by atoms with Crippen LogP contribution in [0.4, 0.5) is 5.69 Å². The van der Waals surface area contributed by atoms with Gasteiger partial charge in [0.2, 0.25) is 0 Å². The highest BCUT2D eigenvalue weighted by atomic mass is 35.5. The molecule has 126 valence electrons. The highest BCUT2D eigenvalue weighted by Gasteiger charge is 2.09. The number of anilines is 1. The summed E-state index contributed by atoms with van der Waals surface area (Å²) in [6.45, 7) is 6.16. The number of amides is 1. The van der Waals surface area contributed by atoms with Gasteiger partial charge >= 0.3 is 0 Å². The molecule has 0 aliphatic carbocycles. The van der Waals surface area contributed by atoms with Crippen molar-refractivity contribution in [2.75, 3.05) is 18.0 Å². The molecule has 0 saturated carbocycles. The molecule has 0 heterocycles. The summed E-state index contributed by atoms with van der Waals surface area (Å²) in [5.74, 6) is -0.382. The van der Waals surface area contributed by atoms with Crippen LogP contribution in [0.3, 0.4) is 0 Å². The fourth-order valence-electron chi connectivity index (χ4n) is 2.26. The van der Waals surface area contributed by atoms with E-state index in [9.17, 15) is 4.79 Å². The number of carbonyl (C=O) groups excluding carboxylic acids is 1. The molecule has 1 amide bonds. The Labute approximate surface area is 152 Å². The van der Waals surface area contributed by atoms with Gasteiger partial charge in [-0.1, -0.05) is 35.3 Å². The Kier molecular flexibility index (Phi) is 6.64. The molecule has 2 aromatic rings. The number of nitrogens with one attached hydrogen (secondary N) is 1. The first-order chi connectivity index (χ1) is 11.5. The van der Waals surface area contributed by atoms with Gasteiger partial charge in [-0.3, -0.25) is 4.79 Å². The SMILES string of the molecule is CCN(CC)c1ccc(/C=N\NC(=O)c2ccc(Cl)cc2Cl)cc1. The van der Waals surface area contributed by atoms with E-state index < -0.39 is 0 Å². The molecule has 2 rings (SSSR count). The van der Waals surface area contributed by atoms with Gasteiger partial charge in [0.1, 0.15) is 0 Å². The van der Waals surface area contributed by atoms with Crippen molar-refractivity contribution in [1.82, 2.24) is 5.43 Å². The molecule has 0 aliphatic heterocycles. The van der Waals surface area contributed by atoms with Crippen LogP contribution in [0.25, 0.3) is 0 Å². The lowest BCUT2D eigenvalue weighted by molar-refractivity contribution is 0.0955. The zero-order valence-corrected chi connectivity index (χ0v) is 15.1. The van der Waals surface area contributed by atoms with Crippen LogP contribution < -0.4 is 10.3 Å². The van der Waals surface area contributed by atoms with Crippen LogP contribution >= 0.6 is 23.2 Å². The van der Waals surface area contributed by atoms with E-state index in [0.717, 1.165) is 24.3 Å². The highest BCUT2D eigenvalue weighted by Crippen LogP contribution is 2.20. The molecule has 24 heavy (non-hydrogen) atoms. The molecule has 0 aliphatic rings. The molecule has 0 saturated heterocycles. The summed E-state index contributed by atoms with van der Waals surface area (Å²) in [6.07, 6.45) is 1.59. The van der Waals surface area contributed by atoms with Crippen molar-refractivity contribution in [3.05, 3.63) is 63.6 Å². The zero-order chi connectivity index (χ0) is 17.5. The fraction of sp³-hybridized carbons (Fsp3) is 0.222. The van der Waals surface area contributed by atoms with Gasteiger partial charge < -0.3 is 4.90 Å². The van der Waals surface area contributed by atoms with Crippen molar-refractivity contribution in [2.45, 2.75) is 13.8 Å². The van der Waals surface area contributed by atoms with Crippen molar-refractivity contribution in [1.29, 1.82) is 0 Å². The van der Waals surface area contributed by atoms with Gasteiger partial charge in [-0.15, -0.1) is 0 Å². The second-order valence-corrected chi connectivity index (χ2v) is 5.93. The minimum absolute atomic E-state index is 0.291. The van der Waals surface area contributed by atoms with Gasteiger partial charge in [-0.2, -0.15) is 5.10 Å². The number of nitrogens with zero attached hydrogens (tertiary/aromatic N) is 2. The molecule has 0 atom stereocenters. The van der Waals surface area contributed by atoms with Crippen molar-refractivity contribution in [2.24, 2.45) is 5.10 Å². The summed E-state index contributed by atoms with van der Waals surface area (Å²) in [4.78, 5) is 14.3. The average molecular weight is 364 g/mol. The topological polar surface area (TPSA) is 44.7 Å². The Morgan fingerprint density at radius 2 is 1.79 bits per heavy atom. The fourth-order valence-corrected chi connectivity index (χ4v) is 2.75. The molecule has 0 fully saturated rings. The highest BCUT2D eigenvalue weighted by molar-refractivity contribution is 6.36. The van der Waals surface area contributed by atoms with Crippen LogP contribution in [0.5, 0.6) is 0 Å². The Morgan fingerprint density at radius 1 is 1.12 bits per heavy atom. The van der Waals surface area contributed by atoms with Gasteiger partial charge in [0, 0.05) is 23.8 Å². The first kappa shape index (κ1) is 18.3. The van der Waals surface area contributed by atoms with E-state index in [1.165, 1.54) is 6.07 Å². The Balaban J connectivity index is 1.99. The van der Waals surface area contributed by atoms with Crippen LogP contribution in [0.15, 0.2) is 47.6 Å². The summed E-state index contributed by atoms with van der Waals surface area (Å²) in [5.41, 5.74) is 4.85. The number of hydrogen-bond acceptors (Lipinski definition) is 3. The molecule has 2 aromatic carbocycles. The van der Waals surface area contributed by atoms with E-state index in [2.05, 4.69) is 29.3 Å². The van der Waals surface area contributed by atoms with E-state index in [-0.39, 0.29) is 5.91 Å². The Bertz CT molecular complexity index is 726. The van der Waals surface area contributed by atoms with Gasteiger partial charge in [-0.25, -0.2) is 5.43 Å². The third-order valence-electron chi connectivity index (χ3n) is 3.58. The smallest absolute Gasteiger partial charge is 0.272 e. The van der Waals surface area contributed by atoms with Gasteiger partial charge in [0.15, 0.2) is 0 Å². The van der Waals surface area contributed by atoms with E-state index in [0.29, 0.717) is 15.6 Å². The Hall–Kier alpha value is -2.04. The molecule has 0 spiro atoms. The molecule has 0 aromatic heterocycles. The summed E-state index contributed by atoms with van der Waals surface area (Å²) < 4.78 is 0. The first-order valence-corrected chi connectivity index (χ1v) is 8.44. The van der Waals surface area contributed by atoms with Crippen LogP contribution in [-0.4, -0.2) is 25.2 Å². The van der Waals surface area contributed by atoms with Crippen LogP contribution in [0.1, 0.15) is 29.8 Å². The summed E-state index contributed by atoms with van der Waals surface area (Å²) in [7, 11) is 0. The summed E-state index contributed by atoms with van der Waals surface area (Å²) in [5, 5.41) is 4.74. The molecule has 0 bridgehead atoms. The quantitative estimate of drug-likeness (QED) is 0.601. The van der Waals surface area contributed by atoms with Crippen LogP contribution in [0, 0.1) is 0 Å². The van der Waals surface area contributed by atoms with E-state index >= 15 is 0 Å². The van der Waals surface area contributed by atoms with E-state index in [4.69, 9.17) is 23.2 Å². The van der Waals surface area contributed by atoms with Gasteiger partial charge in [0.25, 0.3) is 5.91 Å². The van der Waals surface area contributed by atoms with Crippen molar-refractivity contribution in [3.8, 4) is 0 Å². The van der Waals surface area contributed by atoms with Crippen molar-refractivity contribution >= 4 is 41.0 Å². The number of benzene rings is 2. The lowest BCUT2D eigenvalue weighted by Crippen LogP contribution is -2.21. The van der Waals surface area contributed by atoms with Gasteiger partial charge in [0.05, 0.1) is 16.8 Å². The number of hydrazone groups is 1. The third kappa shape index (κ3) is 4.73. The maximum Gasteiger partial charge on any atom is 0.272 e. The summed E-state index contributed by atoms with van der Waals surface area (Å²) in [6, 6.07) is 12.7. The predicted octanol–water partition coefficient (Wildman–Crippen LogP) is 4.60. The average Bonchev–Trinajstić information content (AvgIpc) is 2.57. The van der Waals surface area contributed by atoms with Crippen LogP contribution in [0.2, 0.25) is 10.0 Å². The molecular formula is C18H19Cl2N3O. The van der Waals surface area contributed by atoms with Gasteiger partial charge in [-0.05, 0) is 49.7 Å². The second-order valence-electron chi connectivity index (χ2n) is 5.09. The number of carbonyl (C=O) groups is 1. The summed E-state index contributed by atoms with van der Waals surface area (Å²) >= 11 is 11.8.